The van der Waals surface area contributed by atoms with Gasteiger partial charge in [0, 0.05) is 0 Å². The van der Waals surface area contributed by atoms with Crippen LogP contribution in [-0.4, -0.2) is 26.5 Å². The summed E-state index contributed by atoms with van der Waals surface area (Å²) < 4.78 is 29.8. The molecule has 2 aromatic rings. The lowest BCUT2D eigenvalue weighted by molar-refractivity contribution is 0.311. The van der Waals surface area contributed by atoms with Crippen LogP contribution >= 0.6 is 12.6 Å². The van der Waals surface area contributed by atoms with E-state index in [0.717, 1.165) is 12.8 Å². The second kappa shape index (κ2) is 8.99. The van der Waals surface area contributed by atoms with Gasteiger partial charge in [0.1, 0.15) is 5.75 Å². The first-order valence-electron chi connectivity index (χ1n) is 7.72. The average Bonchev–Trinajstić information content (AvgIpc) is 2.58. The van der Waals surface area contributed by atoms with Gasteiger partial charge in [-0.3, -0.25) is 0 Å². The first-order valence-corrected chi connectivity index (χ1v) is 10.0. The molecular weight excluding hydrogens is 328 g/mol. The van der Waals surface area contributed by atoms with E-state index in [1.807, 2.05) is 18.2 Å². The molecule has 0 spiro atoms. The maximum atomic E-state index is 12.0. The predicted octanol–water partition coefficient (Wildman–Crippen LogP) is 3.79. The van der Waals surface area contributed by atoms with Crippen LogP contribution in [0.1, 0.15) is 18.4 Å². The Balaban J connectivity index is 1.81. The van der Waals surface area contributed by atoms with Gasteiger partial charge in [-0.05, 0) is 54.8 Å². The number of thiol groups is 1. The zero-order chi connectivity index (χ0) is 16.5. The van der Waals surface area contributed by atoms with Crippen molar-refractivity contribution in [2.45, 2.75) is 24.2 Å². The SMILES string of the molecule is O=S(=O)(CCCS)c1ccc(OCCCc2ccccc2)cc1. The summed E-state index contributed by atoms with van der Waals surface area (Å²) in [6, 6.07) is 16.9. The molecule has 0 aromatic heterocycles. The van der Waals surface area contributed by atoms with Gasteiger partial charge in [0.2, 0.25) is 0 Å². The van der Waals surface area contributed by atoms with E-state index in [2.05, 4.69) is 24.8 Å². The van der Waals surface area contributed by atoms with Crippen LogP contribution in [0.4, 0.5) is 0 Å². The van der Waals surface area contributed by atoms with Crippen molar-refractivity contribution in [3.63, 3.8) is 0 Å². The molecule has 0 radical (unpaired) electrons. The number of rotatable bonds is 9. The predicted molar refractivity (Wildman–Crippen MR) is 97.2 cm³/mol. The third-order valence-corrected chi connectivity index (χ3v) is 5.61. The van der Waals surface area contributed by atoms with Gasteiger partial charge < -0.3 is 4.74 Å². The lowest BCUT2D eigenvalue weighted by Gasteiger charge is -2.08. The highest BCUT2D eigenvalue weighted by atomic mass is 32.2. The summed E-state index contributed by atoms with van der Waals surface area (Å²) in [5, 5.41) is 0. The van der Waals surface area contributed by atoms with E-state index < -0.39 is 9.84 Å². The summed E-state index contributed by atoms with van der Waals surface area (Å²) in [6.45, 7) is 0.612. The Kier molecular flexibility index (Phi) is 6.99. The van der Waals surface area contributed by atoms with Gasteiger partial charge >= 0.3 is 0 Å². The van der Waals surface area contributed by atoms with Gasteiger partial charge in [0.25, 0.3) is 0 Å². The number of aryl methyl sites for hydroxylation is 1. The second-order valence-electron chi connectivity index (χ2n) is 5.31. The summed E-state index contributed by atoms with van der Waals surface area (Å²) in [4.78, 5) is 0.343. The largest absolute Gasteiger partial charge is 0.494 e. The van der Waals surface area contributed by atoms with Crippen LogP contribution in [0.3, 0.4) is 0 Å². The molecule has 0 aliphatic heterocycles. The lowest BCUT2D eigenvalue weighted by Crippen LogP contribution is -2.07. The van der Waals surface area contributed by atoms with Crippen LogP contribution in [-0.2, 0) is 16.3 Å². The minimum absolute atomic E-state index is 0.133. The summed E-state index contributed by atoms with van der Waals surface area (Å²) in [7, 11) is -3.20. The van der Waals surface area contributed by atoms with Crippen LogP contribution in [0.2, 0.25) is 0 Å². The standard InChI is InChI=1S/C18H22O3S2/c19-23(20,15-5-14-22)18-11-9-17(10-12-18)21-13-4-8-16-6-2-1-3-7-16/h1-3,6-7,9-12,22H,4-5,8,13-15H2. The second-order valence-corrected chi connectivity index (χ2v) is 7.86. The molecule has 0 unspecified atom stereocenters. The maximum Gasteiger partial charge on any atom is 0.178 e. The van der Waals surface area contributed by atoms with Crippen molar-refractivity contribution in [1.82, 2.24) is 0 Å². The van der Waals surface area contributed by atoms with E-state index in [9.17, 15) is 8.42 Å². The summed E-state index contributed by atoms with van der Waals surface area (Å²) in [6.07, 6.45) is 2.45. The molecule has 124 valence electrons. The molecule has 2 rings (SSSR count). The molecule has 0 amide bonds. The highest BCUT2D eigenvalue weighted by Crippen LogP contribution is 2.18. The zero-order valence-electron chi connectivity index (χ0n) is 13.0. The van der Waals surface area contributed by atoms with E-state index in [0.29, 0.717) is 29.4 Å². The Labute approximate surface area is 144 Å². The monoisotopic (exact) mass is 350 g/mol. The molecule has 0 heterocycles. The smallest absolute Gasteiger partial charge is 0.178 e. The lowest BCUT2D eigenvalue weighted by atomic mass is 10.1. The molecule has 0 fully saturated rings. The Bertz CT molecular complexity index is 680. The van der Waals surface area contributed by atoms with E-state index in [1.165, 1.54) is 5.56 Å². The molecule has 0 saturated carbocycles. The van der Waals surface area contributed by atoms with Crippen molar-refractivity contribution in [2.24, 2.45) is 0 Å². The van der Waals surface area contributed by atoms with Gasteiger partial charge in [-0.15, -0.1) is 0 Å². The number of sulfone groups is 1. The summed E-state index contributed by atoms with van der Waals surface area (Å²) >= 11 is 4.05. The Morgan fingerprint density at radius 2 is 1.61 bits per heavy atom. The third-order valence-electron chi connectivity index (χ3n) is 3.48. The van der Waals surface area contributed by atoms with Gasteiger partial charge in [0.05, 0.1) is 17.3 Å². The third kappa shape index (κ3) is 5.92. The average molecular weight is 351 g/mol. The number of ether oxygens (including phenoxy) is 1. The first kappa shape index (κ1) is 17.9. The number of hydrogen-bond acceptors (Lipinski definition) is 4. The van der Waals surface area contributed by atoms with Gasteiger partial charge in [-0.1, -0.05) is 30.3 Å². The molecule has 23 heavy (non-hydrogen) atoms. The minimum atomic E-state index is -3.20. The van der Waals surface area contributed by atoms with Crippen molar-refractivity contribution in [3.05, 3.63) is 60.2 Å². The van der Waals surface area contributed by atoms with Crippen molar-refractivity contribution >= 4 is 22.5 Å². The first-order chi connectivity index (χ1) is 11.1. The van der Waals surface area contributed by atoms with Crippen LogP contribution < -0.4 is 4.74 Å². The molecular formula is C18H22O3S2. The fourth-order valence-corrected chi connectivity index (χ4v) is 3.91. The van der Waals surface area contributed by atoms with Crippen molar-refractivity contribution in [2.75, 3.05) is 18.1 Å². The Morgan fingerprint density at radius 1 is 0.913 bits per heavy atom. The van der Waals surface area contributed by atoms with Crippen LogP contribution in [0.15, 0.2) is 59.5 Å². The molecule has 0 N–H and O–H groups in total. The van der Waals surface area contributed by atoms with E-state index >= 15 is 0 Å². The van der Waals surface area contributed by atoms with Crippen LogP contribution in [0.25, 0.3) is 0 Å². The Morgan fingerprint density at radius 3 is 2.26 bits per heavy atom. The normalized spacial score (nSPS) is 11.3. The van der Waals surface area contributed by atoms with E-state index in [4.69, 9.17) is 4.74 Å². The highest BCUT2D eigenvalue weighted by Gasteiger charge is 2.13. The quantitative estimate of drug-likeness (QED) is 0.553. The number of benzene rings is 2. The van der Waals surface area contributed by atoms with E-state index in [-0.39, 0.29) is 5.75 Å². The maximum absolute atomic E-state index is 12.0. The minimum Gasteiger partial charge on any atom is -0.494 e. The molecule has 3 nitrogen and oxygen atoms in total. The van der Waals surface area contributed by atoms with Crippen molar-refractivity contribution in [3.8, 4) is 5.75 Å². The number of hydrogen-bond donors (Lipinski definition) is 1. The topological polar surface area (TPSA) is 43.4 Å². The molecule has 0 saturated heterocycles. The molecule has 0 atom stereocenters. The van der Waals surface area contributed by atoms with Crippen molar-refractivity contribution < 1.29 is 13.2 Å². The fourth-order valence-electron chi connectivity index (χ4n) is 2.23. The van der Waals surface area contributed by atoms with Gasteiger partial charge in [0.15, 0.2) is 9.84 Å². The zero-order valence-corrected chi connectivity index (χ0v) is 14.7. The van der Waals surface area contributed by atoms with Crippen LogP contribution in [0, 0.1) is 0 Å². The molecule has 0 aliphatic carbocycles. The molecule has 5 heteroatoms. The molecule has 2 aromatic carbocycles. The molecule has 0 bridgehead atoms. The highest BCUT2D eigenvalue weighted by molar-refractivity contribution is 7.91. The van der Waals surface area contributed by atoms with Gasteiger partial charge in [-0.2, -0.15) is 12.6 Å². The van der Waals surface area contributed by atoms with E-state index in [1.54, 1.807) is 24.3 Å². The summed E-state index contributed by atoms with van der Waals surface area (Å²) in [5.41, 5.74) is 1.29. The molecule has 0 aliphatic rings. The van der Waals surface area contributed by atoms with Crippen molar-refractivity contribution in [1.29, 1.82) is 0 Å². The van der Waals surface area contributed by atoms with Crippen LogP contribution in [0.5, 0.6) is 5.75 Å². The fraction of sp³-hybridized carbons (Fsp3) is 0.333. The summed E-state index contributed by atoms with van der Waals surface area (Å²) in [5.74, 6) is 1.40. The Hall–Kier alpha value is -1.46. The van der Waals surface area contributed by atoms with Gasteiger partial charge in [-0.25, -0.2) is 8.42 Å².